The largest absolute Gasteiger partial charge is 0.494 e. The molecule has 0 fully saturated rings. The van der Waals surface area contributed by atoms with Gasteiger partial charge in [-0.1, -0.05) is 0 Å². The van der Waals surface area contributed by atoms with Crippen molar-refractivity contribution in [3.05, 3.63) is 42.7 Å². The lowest BCUT2D eigenvalue weighted by Gasteiger charge is -2.08. The number of nitrogens with one attached hydrogen (secondary N) is 1. The summed E-state index contributed by atoms with van der Waals surface area (Å²) in [6.07, 6.45) is 3.32. The van der Waals surface area contributed by atoms with E-state index in [0.717, 1.165) is 0 Å². The molecule has 0 aliphatic heterocycles. The van der Waals surface area contributed by atoms with Gasteiger partial charge in [-0.2, -0.15) is 0 Å². The fraction of sp³-hybridized carbons (Fsp3) is 0.0833. The predicted molar refractivity (Wildman–Crippen MR) is 60.1 cm³/mol. The van der Waals surface area contributed by atoms with E-state index in [4.69, 9.17) is 15.2 Å². The smallest absolute Gasteiger partial charge is 0.147 e. The molecule has 1 aromatic heterocycles. The van der Waals surface area contributed by atoms with Gasteiger partial charge in [0.15, 0.2) is 0 Å². The third-order valence-electron chi connectivity index (χ3n) is 2.06. The SMILES string of the molecule is COc1cc(Oc2ccncc2)ccc1[NH]. The molecule has 0 amide bonds. The Balaban J connectivity index is 2.22. The second kappa shape index (κ2) is 4.53. The van der Waals surface area contributed by atoms with E-state index in [-0.39, 0.29) is 0 Å². The van der Waals surface area contributed by atoms with Crippen LogP contribution in [0.1, 0.15) is 0 Å². The third kappa shape index (κ3) is 2.23. The maximum Gasteiger partial charge on any atom is 0.147 e. The normalized spacial score (nSPS) is 9.81. The van der Waals surface area contributed by atoms with Crippen molar-refractivity contribution >= 4 is 5.69 Å². The summed E-state index contributed by atoms with van der Waals surface area (Å²) in [6.45, 7) is 0. The molecule has 16 heavy (non-hydrogen) atoms. The molecule has 2 rings (SSSR count). The molecular formula is C12H11N2O2. The molecule has 81 valence electrons. The van der Waals surface area contributed by atoms with Gasteiger partial charge in [-0.05, 0) is 24.3 Å². The van der Waals surface area contributed by atoms with Gasteiger partial charge >= 0.3 is 0 Å². The summed E-state index contributed by atoms with van der Waals surface area (Å²) < 4.78 is 10.6. The summed E-state index contributed by atoms with van der Waals surface area (Å²) >= 11 is 0. The molecule has 1 radical (unpaired) electrons. The Labute approximate surface area is 93.6 Å². The van der Waals surface area contributed by atoms with Crippen LogP contribution in [-0.4, -0.2) is 12.1 Å². The number of benzene rings is 1. The van der Waals surface area contributed by atoms with Crippen molar-refractivity contribution in [1.82, 2.24) is 10.7 Å². The summed E-state index contributed by atoms with van der Waals surface area (Å²) in [5.41, 5.74) is 7.89. The molecule has 1 heterocycles. The fourth-order valence-corrected chi connectivity index (χ4v) is 1.28. The van der Waals surface area contributed by atoms with Crippen molar-refractivity contribution in [1.29, 1.82) is 0 Å². The molecule has 1 N–H and O–H groups in total. The lowest BCUT2D eigenvalue weighted by molar-refractivity contribution is 0.410. The molecule has 1 aromatic carbocycles. The predicted octanol–water partition coefficient (Wildman–Crippen LogP) is 2.80. The summed E-state index contributed by atoms with van der Waals surface area (Å²) in [4.78, 5) is 3.90. The van der Waals surface area contributed by atoms with Crippen molar-refractivity contribution in [3.63, 3.8) is 0 Å². The zero-order chi connectivity index (χ0) is 11.4. The molecule has 0 unspecified atom stereocenters. The summed E-state index contributed by atoms with van der Waals surface area (Å²) in [5.74, 6) is 1.83. The van der Waals surface area contributed by atoms with Crippen LogP contribution in [0.2, 0.25) is 0 Å². The highest BCUT2D eigenvalue weighted by Gasteiger charge is 2.03. The van der Waals surface area contributed by atoms with Crippen molar-refractivity contribution in [2.75, 3.05) is 7.11 Å². The molecule has 0 atom stereocenters. The molecule has 0 aliphatic carbocycles. The first kappa shape index (κ1) is 10.3. The van der Waals surface area contributed by atoms with Crippen LogP contribution in [0, 0.1) is 0 Å². The van der Waals surface area contributed by atoms with E-state index in [1.807, 2.05) is 0 Å². The first-order chi connectivity index (χ1) is 7.79. The highest BCUT2D eigenvalue weighted by Crippen LogP contribution is 2.30. The van der Waals surface area contributed by atoms with Crippen molar-refractivity contribution < 1.29 is 9.47 Å². The Kier molecular flexibility index (Phi) is 2.91. The number of aromatic nitrogens is 1. The van der Waals surface area contributed by atoms with Crippen LogP contribution in [0.15, 0.2) is 42.7 Å². The first-order valence-corrected chi connectivity index (χ1v) is 4.77. The second-order valence-corrected chi connectivity index (χ2v) is 3.15. The van der Waals surface area contributed by atoms with Crippen LogP contribution in [0.5, 0.6) is 17.2 Å². The maximum atomic E-state index is 7.56. The minimum Gasteiger partial charge on any atom is -0.494 e. The van der Waals surface area contributed by atoms with E-state index >= 15 is 0 Å². The summed E-state index contributed by atoms with van der Waals surface area (Å²) in [6, 6.07) is 8.57. The van der Waals surface area contributed by atoms with Crippen LogP contribution < -0.4 is 15.2 Å². The quantitative estimate of drug-likeness (QED) is 0.791. The van der Waals surface area contributed by atoms with Gasteiger partial charge in [0, 0.05) is 18.5 Å². The number of hydrogen-bond donors (Lipinski definition) is 0. The average molecular weight is 215 g/mol. The van der Waals surface area contributed by atoms with Gasteiger partial charge in [-0.3, -0.25) is 10.7 Å². The summed E-state index contributed by atoms with van der Waals surface area (Å²) in [7, 11) is 1.53. The Bertz CT molecular complexity index is 472. The molecule has 4 nitrogen and oxygen atoms in total. The number of ether oxygens (including phenoxy) is 2. The Morgan fingerprint density at radius 3 is 2.50 bits per heavy atom. The molecule has 0 spiro atoms. The average Bonchev–Trinajstić information content (AvgIpc) is 2.33. The lowest BCUT2D eigenvalue weighted by Crippen LogP contribution is -1.88. The highest BCUT2D eigenvalue weighted by atomic mass is 16.5. The van der Waals surface area contributed by atoms with Gasteiger partial charge in [0.25, 0.3) is 0 Å². The van der Waals surface area contributed by atoms with Crippen molar-refractivity contribution in [3.8, 4) is 17.2 Å². The van der Waals surface area contributed by atoms with Gasteiger partial charge in [-0.25, -0.2) is 0 Å². The summed E-state index contributed by atoms with van der Waals surface area (Å²) in [5, 5.41) is 0. The topological polar surface area (TPSA) is 55.2 Å². The molecule has 0 bridgehead atoms. The molecule has 0 aliphatic rings. The van der Waals surface area contributed by atoms with E-state index < -0.39 is 0 Å². The Morgan fingerprint density at radius 1 is 1.06 bits per heavy atom. The van der Waals surface area contributed by atoms with Gasteiger partial charge in [0.2, 0.25) is 0 Å². The number of rotatable bonds is 3. The van der Waals surface area contributed by atoms with E-state index in [1.54, 1.807) is 42.7 Å². The molecule has 2 aromatic rings. The number of methoxy groups -OCH3 is 1. The number of nitrogens with zero attached hydrogens (tertiary/aromatic N) is 1. The molecule has 0 saturated carbocycles. The van der Waals surface area contributed by atoms with Crippen LogP contribution in [0.25, 0.3) is 0 Å². The maximum absolute atomic E-state index is 7.56. The van der Waals surface area contributed by atoms with Gasteiger partial charge in [0.1, 0.15) is 17.2 Å². The van der Waals surface area contributed by atoms with Gasteiger partial charge < -0.3 is 9.47 Å². The van der Waals surface area contributed by atoms with E-state index in [0.29, 0.717) is 22.9 Å². The van der Waals surface area contributed by atoms with Crippen LogP contribution >= 0.6 is 0 Å². The minimum absolute atomic E-state index is 0.338. The zero-order valence-electron chi connectivity index (χ0n) is 8.81. The second-order valence-electron chi connectivity index (χ2n) is 3.15. The zero-order valence-corrected chi connectivity index (χ0v) is 8.81. The Morgan fingerprint density at radius 2 is 1.81 bits per heavy atom. The molecule has 0 saturated heterocycles. The standard InChI is InChI=1S/C12H11N2O2/c1-15-12-8-10(2-3-11(12)13)16-9-4-6-14-7-5-9/h2-8,13H,1H3. The van der Waals surface area contributed by atoms with Gasteiger partial charge in [-0.15, -0.1) is 0 Å². The van der Waals surface area contributed by atoms with E-state index in [1.165, 1.54) is 7.11 Å². The first-order valence-electron chi connectivity index (χ1n) is 4.77. The van der Waals surface area contributed by atoms with Gasteiger partial charge in [0.05, 0.1) is 12.8 Å². The van der Waals surface area contributed by atoms with Crippen molar-refractivity contribution in [2.24, 2.45) is 0 Å². The molecule has 4 heteroatoms. The Hall–Kier alpha value is -2.23. The number of hydrogen-bond acceptors (Lipinski definition) is 3. The minimum atomic E-state index is 0.338. The van der Waals surface area contributed by atoms with Crippen LogP contribution in [0.3, 0.4) is 0 Å². The van der Waals surface area contributed by atoms with E-state index in [2.05, 4.69) is 4.98 Å². The monoisotopic (exact) mass is 215 g/mol. The number of pyridine rings is 1. The third-order valence-corrected chi connectivity index (χ3v) is 2.06. The highest BCUT2D eigenvalue weighted by molar-refractivity contribution is 5.53. The van der Waals surface area contributed by atoms with Crippen LogP contribution in [-0.2, 0) is 0 Å². The lowest BCUT2D eigenvalue weighted by atomic mass is 10.3. The van der Waals surface area contributed by atoms with Crippen LogP contribution in [0.4, 0.5) is 5.69 Å². The van der Waals surface area contributed by atoms with E-state index in [9.17, 15) is 0 Å². The fourth-order valence-electron chi connectivity index (χ4n) is 1.28. The van der Waals surface area contributed by atoms with Crippen molar-refractivity contribution in [2.45, 2.75) is 0 Å². The molecular weight excluding hydrogens is 204 g/mol.